The van der Waals surface area contributed by atoms with Crippen LogP contribution in [0.25, 0.3) is 0 Å². The Bertz CT molecular complexity index is 936. The highest BCUT2D eigenvalue weighted by molar-refractivity contribution is 6.31. The second kappa shape index (κ2) is 8.22. The van der Waals surface area contributed by atoms with Gasteiger partial charge in [-0.25, -0.2) is 0 Å². The van der Waals surface area contributed by atoms with Crippen molar-refractivity contribution >= 4 is 34.9 Å². The molecule has 27 heavy (non-hydrogen) atoms. The number of halogens is 1. The van der Waals surface area contributed by atoms with Gasteiger partial charge in [0.1, 0.15) is 12.2 Å². The van der Waals surface area contributed by atoms with Crippen molar-refractivity contribution in [2.45, 2.75) is 27.2 Å². The Morgan fingerprint density at radius 2 is 1.78 bits per heavy atom. The first-order chi connectivity index (χ1) is 12.6. The number of ketones is 1. The fraction of sp³-hybridized carbons (Fsp3) is 0.250. The lowest BCUT2D eigenvalue weighted by Crippen LogP contribution is -2.20. The van der Waals surface area contributed by atoms with Gasteiger partial charge in [-0.15, -0.1) is 0 Å². The van der Waals surface area contributed by atoms with Gasteiger partial charge in [0.05, 0.1) is 18.4 Å². The van der Waals surface area contributed by atoms with Gasteiger partial charge in [-0.1, -0.05) is 11.6 Å². The fourth-order valence-corrected chi connectivity index (χ4v) is 2.87. The first-order valence-electron chi connectivity index (χ1n) is 8.16. The van der Waals surface area contributed by atoms with Crippen LogP contribution < -0.4 is 5.32 Å². The van der Waals surface area contributed by atoms with Crippen LogP contribution in [-0.4, -0.2) is 29.9 Å². The van der Waals surface area contributed by atoms with Gasteiger partial charge in [0, 0.05) is 10.6 Å². The molecule has 0 fully saturated rings. The van der Waals surface area contributed by atoms with Crippen molar-refractivity contribution < 1.29 is 24.2 Å². The van der Waals surface area contributed by atoms with Crippen LogP contribution in [0.2, 0.25) is 5.02 Å². The zero-order valence-electron chi connectivity index (χ0n) is 15.5. The number of esters is 1. The minimum atomic E-state index is -0.687. The van der Waals surface area contributed by atoms with Gasteiger partial charge >= 0.3 is 5.97 Å². The number of methoxy groups -OCH3 is 1. The Balaban J connectivity index is 2.55. The molecule has 0 saturated carbocycles. The van der Waals surface area contributed by atoms with Crippen LogP contribution in [0.15, 0.2) is 24.3 Å². The quantitative estimate of drug-likeness (QED) is 0.462. The highest BCUT2D eigenvalue weighted by atomic mass is 35.5. The van der Waals surface area contributed by atoms with E-state index >= 15 is 0 Å². The number of ether oxygens (including phenoxy) is 1. The van der Waals surface area contributed by atoms with Crippen molar-refractivity contribution in [3.05, 3.63) is 57.1 Å². The molecule has 0 unspecified atom stereocenters. The van der Waals surface area contributed by atoms with Crippen LogP contribution >= 0.6 is 11.6 Å². The summed E-state index contributed by atoms with van der Waals surface area (Å²) < 4.78 is 4.49. The van der Waals surface area contributed by atoms with Crippen molar-refractivity contribution in [3.8, 4) is 5.75 Å². The van der Waals surface area contributed by atoms with Crippen LogP contribution in [0.1, 0.15) is 39.0 Å². The van der Waals surface area contributed by atoms with E-state index in [1.807, 2.05) is 13.8 Å². The van der Waals surface area contributed by atoms with Gasteiger partial charge < -0.3 is 15.2 Å². The Kier molecular flexibility index (Phi) is 6.23. The number of rotatable bonds is 5. The molecule has 0 heterocycles. The first-order valence-corrected chi connectivity index (χ1v) is 8.54. The third-order valence-corrected chi connectivity index (χ3v) is 4.63. The second-order valence-electron chi connectivity index (χ2n) is 6.16. The van der Waals surface area contributed by atoms with E-state index in [1.165, 1.54) is 25.3 Å². The number of anilines is 1. The normalized spacial score (nSPS) is 10.4. The average Bonchev–Trinajstić information content (AvgIpc) is 2.61. The van der Waals surface area contributed by atoms with Crippen LogP contribution in [0.3, 0.4) is 0 Å². The van der Waals surface area contributed by atoms with E-state index in [0.717, 1.165) is 11.1 Å². The number of phenols is 1. The molecule has 6 nitrogen and oxygen atoms in total. The highest BCUT2D eigenvalue weighted by Gasteiger charge is 2.23. The van der Waals surface area contributed by atoms with E-state index in [4.69, 9.17) is 11.6 Å². The number of hydrogen-bond donors (Lipinski definition) is 2. The number of carbonyl (C=O) groups is 3. The maximum Gasteiger partial charge on any atom is 0.315 e. The molecule has 0 atom stereocenters. The zero-order valence-corrected chi connectivity index (χ0v) is 16.2. The summed E-state index contributed by atoms with van der Waals surface area (Å²) in [4.78, 5) is 36.6. The monoisotopic (exact) mass is 389 g/mol. The van der Waals surface area contributed by atoms with E-state index in [9.17, 15) is 19.5 Å². The zero-order chi connectivity index (χ0) is 20.3. The standard InChI is InChI=1S/C20H20ClNO5/c1-10-7-15(22-17(24)9-18(25)27-4)19(12(3)11(10)2)20(26)14-8-13(21)5-6-16(14)23/h5-8,23H,9H2,1-4H3,(H,22,24). The molecule has 0 spiro atoms. The maximum atomic E-state index is 13.1. The molecule has 0 aliphatic carbocycles. The molecule has 0 aliphatic rings. The Hall–Kier alpha value is -2.86. The van der Waals surface area contributed by atoms with E-state index < -0.39 is 24.1 Å². The Morgan fingerprint density at radius 1 is 1.11 bits per heavy atom. The van der Waals surface area contributed by atoms with Gasteiger partial charge in [0.25, 0.3) is 0 Å². The van der Waals surface area contributed by atoms with E-state index in [1.54, 1.807) is 13.0 Å². The summed E-state index contributed by atoms with van der Waals surface area (Å²) >= 11 is 5.96. The largest absolute Gasteiger partial charge is 0.507 e. The predicted octanol–water partition coefficient (Wildman–Crippen LogP) is 3.70. The summed E-state index contributed by atoms with van der Waals surface area (Å²) in [6, 6.07) is 5.83. The minimum absolute atomic E-state index is 0.0253. The lowest BCUT2D eigenvalue weighted by Gasteiger charge is -2.17. The summed E-state index contributed by atoms with van der Waals surface area (Å²) in [6.45, 7) is 5.47. The van der Waals surface area contributed by atoms with Gasteiger partial charge in [-0.2, -0.15) is 0 Å². The number of benzene rings is 2. The molecule has 142 valence electrons. The fourth-order valence-electron chi connectivity index (χ4n) is 2.70. The number of aromatic hydroxyl groups is 1. The van der Waals surface area contributed by atoms with Crippen LogP contribution in [-0.2, 0) is 14.3 Å². The minimum Gasteiger partial charge on any atom is -0.507 e. The van der Waals surface area contributed by atoms with E-state index in [2.05, 4.69) is 10.1 Å². The molecular formula is C20H20ClNO5. The maximum absolute atomic E-state index is 13.1. The summed E-state index contributed by atoms with van der Waals surface area (Å²) in [6.07, 6.45) is -0.474. The van der Waals surface area contributed by atoms with Crippen molar-refractivity contribution in [2.75, 3.05) is 12.4 Å². The van der Waals surface area contributed by atoms with E-state index in [0.29, 0.717) is 10.6 Å². The van der Waals surface area contributed by atoms with Crippen LogP contribution in [0, 0.1) is 20.8 Å². The van der Waals surface area contributed by atoms with Gasteiger partial charge in [0.15, 0.2) is 5.78 Å². The summed E-state index contributed by atoms with van der Waals surface area (Å²) in [5, 5.41) is 13.0. The summed E-state index contributed by atoms with van der Waals surface area (Å²) in [5.74, 6) is -1.99. The lowest BCUT2D eigenvalue weighted by atomic mass is 9.91. The third kappa shape index (κ3) is 4.46. The molecule has 2 aromatic carbocycles. The Labute approximate surface area is 162 Å². The average molecular weight is 390 g/mol. The number of hydrogen-bond acceptors (Lipinski definition) is 5. The molecule has 7 heteroatoms. The topological polar surface area (TPSA) is 92.7 Å². The summed E-state index contributed by atoms with van der Waals surface area (Å²) in [7, 11) is 1.19. The number of phenolic OH excluding ortho intramolecular Hbond substituents is 1. The number of aryl methyl sites for hydroxylation is 1. The molecule has 0 bridgehead atoms. The molecule has 0 aliphatic heterocycles. The molecular weight excluding hydrogens is 370 g/mol. The third-order valence-electron chi connectivity index (χ3n) is 4.40. The number of nitrogens with one attached hydrogen (secondary N) is 1. The number of amides is 1. The van der Waals surface area contributed by atoms with Gasteiger partial charge in [0.2, 0.25) is 5.91 Å². The van der Waals surface area contributed by atoms with Crippen molar-refractivity contribution in [1.29, 1.82) is 0 Å². The van der Waals surface area contributed by atoms with Gasteiger partial charge in [-0.3, -0.25) is 14.4 Å². The molecule has 2 rings (SSSR count). The molecule has 2 N–H and O–H groups in total. The van der Waals surface area contributed by atoms with Crippen molar-refractivity contribution in [2.24, 2.45) is 0 Å². The van der Waals surface area contributed by atoms with Gasteiger partial charge in [-0.05, 0) is 61.7 Å². The molecule has 2 aromatic rings. The molecule has 0 saturated heterocycles. The molecule has 1 amide bonds. The lowest BCUT2D eigenvalue weighted by molar-refractivity contribution is -0.142. The molecule has 0 aromatic heterocycles. The SMILES string of the molecule is COC(=O)CC(=O)Nc1cc(C)c(C)c(C)c1C(=O)c1cc(Cl)ccc1O. The second-order valence-corrected chi connectivity index (χ2v) is 6.59. The molecule has 0 radical (unpaired) electrons. The van der Waals surface area contributed by atoms with Crippen molar-refractivity contribution in [1.82, 2.24) is 0 Å². The Morgan fingerprint density at radius 3 is 2.41 bits per heavy atom. The van der Waals surface area contributed by atoms with Crippen LogP contribution in [0.4, 0.5) is 5.69 Å². The van der Waals surface area contributed by atoms with Crippen molar-refractivity contribution in [3.63, 3.8) is 0 Å². The smallest absolute Gasteiger partial charge is 0.315 e. The number of carbonyl (C=O) groups excluding carboxylic acids is 3. The predicted molar refractivity (Wildman–Crippen MR) is 102 cm³/mol. The van der Waals surface area contributed by atoms with E-state index in [-0.39, 0.29) is 22.6 Å². The highest BCUT2D eigenvalue weighted by Crippen LogP contribution is 2.32. The first kappa shape index (κ1) is 20.5. The van der Waals surface area contributed by atoms with Crippen LogP contribution in [0.5, 0.6) is 5.75 Å². The summed E-state index contributed by atoms with van der Waals surface area (Å²) in [5.41, 5.74) is 2.92.